The van der Waals surface area contributed by atoms with Crippen molar-refractivity contribution in [3.8, 4) is 10.8 Å². The summed E-state index contributed by atoms with van der Waals surface area (Å²) in [6, 6.07) is 4.27. The molecule has 1 aliphatic heterocycles. The molecule has 1 N–H and O–H groups in total. The molecule has 1 amide bonds. The molecule has 2 aromatic heterocycles. The lowest BCUT2D eigenvalue weighted by Gasteiger charge is -2.31. The zero-order valence-corrected chi connectivity index (χ0v) is 16.2. The first-order chi connectivity index (χ1) is 10.6. The number of hydrogen-bond donors (Lipinski definition) is 1. The van der Waals surface area contributed by atoms with Crippen molar-refractivity contribution in [2.24, 2.45) is 0 Å². The second kappa shape index (κ2) is 9.42. The van der Waals surface area contributed by atoms with Crippen molar-refractivity contribution in [2.75, 3.05) is 20.1 Å². The number of aromatic nitrogens is 1. The van der Waals surface area contributed by atoms with E-state index in [1.807, 2.05) is 36.4 Å². The number of piperidine rings is 1. The van der Waals surface area contributed by atoms with E-state index >= 15 is 0 Å². The molecular weight excluding hydrogens is 369 g/mol. The van der Waals surface area contributed by atoms with Crippen LogP contribution >= 0.6 is 36.2 Å². The maximum atomic E-state index is 12.5. The standard InChI is InChI=1S/C16H21N3O2S.2ClH/c1-11-13(18-16(21-11)14-4-3-9-22-14)10-15(20)19(2)12-5-7-17-8-6-12;;/h3-4,9,12,17H,5-8,10H2,1-2H3;2*1H. The second-order valence-electron chi connectivity index (χ2n) is 5.66. The number of amides is 1. The van der Waals surface area contributed by atoms with Crippen LogP contribution in [0.3, 0.4) is 0 Å². The normalized spacial score (nSPS) is 14.6. The second-order valence-corrected chi connectivity index (χ2v) is 6.61. The van der Waals surface area contributed by atoms with Crippen LogP contribution in [-0.2, 0) is 11.2 Å². The highest BCUT2D eigenvalue weighted by atomic mass is 35.5. The van der Waals surface area contributed by atoms with E-state index in [4.69, 9.17) is 4.42 Å². The first-order valence-corrected chi connectivity index (χ1v) is 8.49. The molecule has 3 rings (SSSR count). The zero-order valence-electron chi connectivity index (χ0n) is 13.8. The van der Waals surface area contributed by atoms with Gasteiger partial charge >= 0.3 is 0 Å². The molecule has 0 aliphatic carbocycles. The number of halogens is 2. The van der Waals surface area contributed by atoms with Gasteiger partial charge in [0.05, 0.1) is 17.0 Å². The van der Waals surface area contributed by atoms with Gasteiger partial charge in [-0.15, -0.1) is 36.2 Å². The molecule has 1 fully saturated rings. The maximum absolute atomic E-state index is 12.5. The highest BCUT2D eigenvalue weighted by Gasteiger charge is 2.24. The van der Waals surface area contributed by atoms with Crippen molar-refractivity contribution < 1.29 is 9.21 Å². The summed E-state index contributed by atoms with van der Waals surface area (Å²) in [6.45, 7) is 3.83. The summed E-state index contributed by atoms with van der Waals surface area (Å²) in [5.41, 5.74) is 0.745. The fourth-order valence-corrected chi connectivity index (χ4v) is 3.41. The first kappa shape index (κ1) is 21.0. The number of carbonyl (C=O) groups excluding carboxylic acids is 1. The summed E-state index contributed by atoms with van der Waals surface area (Å²) in [4.78, 5) is 19.9. The van der Waals surface area contributed by atoms with E-state index in [-0.39, 0.29) is 30.7 Å². The Kier molecular flexibility index (Phi) is 8.22. The summed E-state index contributed by atoms with van der Waals surface area (Å²) in [6.07, 6.45) is 2.34. The van der Waals surface area contributed by atoms with E-state index in [1.165, 1.54) is 0 Å². The molecule has 1 aliphatic rings. The van der Waals surface area contributed by atoms with Crippen LogP contribution in [0.25, 0.3) is 10.8 Å². The molecule has 0 atom stereocenters. The Morgan fingerprint density at radius 3 is 2.75 bits per heavy atom. The Balaban J connectivity index is 0.00000144. The van der Waals surface area contributed by atoms with Crippen LogP contribution in [0.15, 0.2) is 21.9 Å². The number of thiophene rings is 1. The molecule has 0 radical (unpaired) electrons. The number of hydrogen-bond acceptors (Lipinski definition) is 5. The van der Waals surface area contributed by atoms with E-state index in [0.29, 0.717) is 18.4 Å². The molecule has 1 saturated heterocycles. The third-order valence-electron chi connectivity index (χ3n) is 4.19. The molecule has 0 aromatic carbocycles. The summed E-state index contributed by atoms with van der Waals surface area (Å²) in [5.74, 6) is 1.45. The number of nitrogens with zero attached hydrogens (tertiary/aromatic N) is 2. The van der Waals surface area contributed by atoms with Gasteiger partial charge in [-0.2, -0.15) is 0 Å². The topological polar surface area (TPSA) is 58.4 Å². The van der Waals surface area contributed by atoms with Gasteiger partial charge in [-0.05, 0) is 44.3 Å². The Morgan fingerprint density at radius 2 is 2.12 bits per heavy atom. The van der Waals surface area contributed by atoms with Crippen LogP contribution < -0.4 is 5.32 Å². The average molecular weight is 392 g/mol. The Hall–Kier alpha value is -1.08. The maximum Gasteiger partial charge on any atom is 0.236 e. The smallest absolute Gasteiger partial charge is 0.236 e. The highest BCUT2D eigenvalue weighted by molar-refractivity contribution is 7.13. The molecule has 0 unspecified atom stereocenters. The van der Waals surface area contributed by atoms with Crippen LogP contribution in [0.5, 0.6) is 0 Å². The van der Waals surface area contributed by atoms with Crippen molar-refractivity contribution in [3.05, 3.63) is 29.0 Å². The van der Waals surface area contributed by atoms with Gasteiger partial charge in [0.2, 0.25) is 11.8 Å². The molecule has 134 valence electrons. The molecule has 24 heavy (non-hydrogen) atoms. The molecule has 5 nitrogen and oxygen atoms in total. The number of carbonyl (C=O) groups is 1. The monoisotopic (exact) mass is 391 g/mol. The molecule has 8 heteroatoms. The molecule has 0 bridgehead atoms. The van der Waals surface area contributed by atoms with Crippen molar-refractivity contribution in [2.45, 2.75) is 32.2 Å². The lowest BCUT2D eigenvalue weighted by atomic mass is 10.0. The van der Waals surface area contributed by atoms with Crippen molar-refractivity contribution >= 4 is 42.1 Å². The first-order valence-electron chi connectivity index (χ1n) is 7.61. The van der Waals surface area contributed by atoms with E-state index in [1.54, 1.807) is 11.3 Å². The molecule has 3 heterocycles. The summed E-state index contributed by atoms with van der Waals surface area (Å²) >= 11 is 1.59. The van der Waals surface area contributed by atoms with Crippen LogP contribution in [0.1, 0.15) is 24.3 Å². The third-order valence-corrected chi connectivity index (χ3v) is 5.05. The molecule has 0 saturated carbocycles. The lowest BCUT2D eigenvalue weighted by Crippen LogP contribution is -2.44. The molecule has 2 aromatic rings. The quantitative estimate of drug-likeness (QED) is 0.868. The van der Waals surface area contributed by atoms with E-state index in [9.17, 15) is 4.79 Å². The lowest BCUT2D eigenvalue weighted by molar-refractivity contribution is -0.131. The minimum Gasteiger partial charge on any atom is -0.440 e. The van der Waals surface area contributed by atoms with Gasteiger partial charge in [-0.25, -0.2) is 4.98 Å². The fraction of sp³-hybridized carbons (Fsp3) is 0.500. The largest absolute Gasteiger partial charge is 0.440 e. The van der Waals surface area contributed by atoms with E-state index in [0.717, 1.165) is 42.3 Å². The van der Waals surface area contributed by atoms with Gasteiger partial charge in [0, 0.05) is 13.1 Å². The summed E-state index contributed by atoms with van der Waals surface area (Å²) in [5, 5.41) is 5.31. The number of oxazole rings is 1. The number of rotatable bonds is 4. The van der Waals surface area contributed by atoms with E-state index in [2.05, 4.69) is 10.3 Å². The predicted molar refractivity (Wildman–Crippen MR) is 101 cm³/mol. The highest BCUT2D eigenvalue weighted by Crippen LogP contribution is 2.26. The van der Waals surface area contributed by atoms with Crippen LogP contribution in [0, 0.1) is 6.92 Å². The number of nitrogens with one attached hydrogen (secondary N) is 1. The Morgan fingerprint density at radius 1 is 1.42 bits per heavy atom. The zero-order chi connectivity index (χ0) is 15.5. The van der Waals surface area contributed by atoms with Crippen molar-refractivity contribution in [1.29, 1.82) is 0 Å². The fourth-order valence-electron chi connectivity index (χ4n) is 2.76. The summed E-state index contributed by atoms with van der Waals surface area (Å²) in [7, 11) is 1.90. The van der Waals surface area contributed by atoms with Crippen LogP contribution in [0.4, 0.5) is 0 Å². The van der Waals surface area contributed by atoms with Crippen molar-refractivity contribution in [3.63, 3.8) is 0 Å². The van der Waals surface area contributed by atoms with Gasteiger partial charge in [0.15, 0.2) is 0 Å². The van der Waals surface area contributed by atoms with Gasteiger partial charge < -0.3 is 14.6 Å². The predicted octanol–water partition coefficient (Wildman–Crippen LogP) is 3.31. The van der Waals surface area contributed by atoms with Gasteiger partial charge in [0.25, 0.3) is 0 Å². The Labute approximate surface area is 158 Å². The number of likely N-dealkylation sites (N-methyl/N-ethyl adjacent to an activating group) is 1. The summed E-state index contributed by atoms with van der Waals surface area (Å²) < 4.78 is 5.70. The SMILES string of the molecule is Cc1oc(-c2cccs2)nc1CC(=O)N(C)C1CCNCC1.Cl.Cl. The minimum atomic E-state index is 0. The van der Waals surface area contributed by atoms with Crippen LogP contribution in [-0.4, -0.2) is 42.0 Å². The van der Waals surface area contributed by atoms with Gasteiger partial charge in [-0.3, -0.25) is 4.79 Å². The van der Waals surface area contributed by atoms with E-state index < -0.39 is 0 Å². The van der Waals surface area contributed by atoms with Crippen LogP contribution in [0.2, 0.25) is 0 Å². The molecular formula is C16H23Cl2N3O2S. The minimum absolute atomic E-state index is 0. The average Bonchev–Trinajstić information content (AvgIpc) is 3.18. The Bertz CT molecular complexity index is 640. The third kappa shape index (κ3) is 4.72. The van der Waals surface area contributed by atoms with Gasteiger partial charge in [0.1, 0.15) is 5.76 Å². The number of aryl methyl sites for hydroxylation is 1. The van der Waals surface area contributed by atoms with Crippen molar-refractivity contribution in [1.82, 2.24) is 15.2 Å². The van der Waals surface area contributed by atoms with Gasteiger partial charge in [-0.1, -0.05) is 6.07 Å². The molecule has 0 spiro atoms.